The van der Waals surface area contributed by atoms with E-state index < -0.39 is 0 Å². The molecule has 0 saturated carbocycles. The van der Waals surface area contributed by atoms with Crippen LogP contribution in [0.5, 0.6) is 0 Å². The van der Waals surface area contributed by atoms with Crippen molar-refractivity contribution in [2.45, 2.75) is 71.1 Å². The summed E-state index contributed by atoms with van der Waals surface area (Å²) in [6.07, 6.45) is 5.91. The molecule has 0 saturated heterocycles. The molecule has 2 heterocycles. The number of nitrogens with zero attached hydrogens (tertiary/aromatic N) is 1. The summed E-state index contributed by atoms with van der Waals surface area (Å²) < 4.78 is 0. The summed E-state index contributed by atoms with van der Waals surface area (Å²) in [5, 5.41) is 0. The lowest BCUT2D eigenvalue weighted by Gasteiger charge is -2.54. The topological polar surface area (TPSA) is 3.24 Å². The van der Waals surface area contributed by atoms with Crippen molar-refractivity contribution in [3.05, 3.63) is 107 Å². The largest absolute Gasteiger partial charge is 0.313 e. The molecule has 0 spiro atoms. The number of benzene rings is 3. The third-order valence-corrected chi connectivity index (χ3v) is 8.88. The van der Waals surface area contributed by atoms with Gasteiger partial charge in [-0.1, -0.05) is 109 Å². The third kappa shape index (κ3) is 3.13. The molecule has 1 nitrogen and oxygen atoms in total. The maximum atomic E-state index is 2.59. The fourth-order valence-electron chi connectivity index (χ4n) is 6.66. The zero-order valence-electron chi connectivity index (χ0n) is 22.2. The summed E-state index contributed by atoms with van der Waals surface area (Å²) in [5.74, 6) is 0.459. The molecule has 0 N–H and O–H groups in total. The highest BCUT2D eigenvalue weighted by Gasteiger charge is 2.50. The van der Waals surface area contributed by atoms with Crippen LogP contribution in [0.4, 0.5) is 11.4 Å². The minimum absolute atomic E-state index is 0.0000782. The predicted octanol–water partition coefficient (Wildman–Crippen LogP) is 9.20. The molecule has 1 aliphatic carbocycles. The lowest BCUT2D eigenvalue weighted by atomic mass is 9.60. The zero-order chi connectivity index (χ0) is 24.8. The Bertz CT molecular complexity index is 1390. The Labute approximate surface area is 211 Å². The summed E-state index contributed by atoms with van der Waals surface area (Å²) in [6.45, 7) is 16.5. The van der Waals surface area contributed by atoms with Gasteiger partial charge in [0.2, 0.25) is 0 Å². The van der Waals surface area contributed by atoms with Crippen LogP contribution in [0.1, 0.15) is 71.6 Å². The van der Waals surface area contributed by atoms with E-state index in [0.717, 1.165) is 6.42 Å². The van der Waals surface area contributed by atoms with Gasteiger partial charge in [0.15, 0.2) is 0 Å². The summed E-state index contributed by atoms with van der Waals surface area (Å²) in [7, 11) is 0. The molecular formula is C34H37N. The number of hydrogen-bond donors (Lipinski definition) is 0. The van der Waals surface area contributed by atoms with Crippen molar-refractivity contribution >= 4 is 11.4 Å². The van der Waals surface area contributed by atoms with E-state index in [-0.39, 0.29) is 16.2 Å². The molecule has 1 atom stereocenters. The zero-order valence-corrected chi connectivity index (χ0v) is 22.2. The second kappa shape index (κ2) is 7.23. The van der Waals surface area contributed by atoms with Gasteiger partial charge < -0.3 is 4.90 Å². The first-order chi connectivity index (χ1) is 16.5. The van der Waals surface area contributed by atoms with E-state index in [0.29, 0.717) is 5.92 Å². The van der Waals surface area contributed by atoms with Gasteiger partial charge in [-0.15, -0.1) is 0 Å². The van der Waals surface area contributed by atoms with Crippen LogP contribution in [-0.4, -0.2) is 0 Å². The van der Waals surface area contributed by atoms with Crippen LogP contribution in [0.25, 0.3) is 11.1 Å². The van der Waals surface area contributed by atoms with E-state index >= 15 is 0 Å². The molecule has 3 aliphatic rings. The Balaban J connectivity index is 1.56. The molecule has 0 bridgehead atoms. The van der Waals surface area contributed by atoms with Gasteiger partial charge in [-0.3, -0.25) is 0 Å². The molecule has 3 aromatic carbocycles. The number of allylic oxidation sites excluding steroid dienone is 4. The quantitative estimate of drug-likeness (QED) is 0.350. The predicted molar refractivity (Wildman–Crippen MR) is 149 cm³/mol. The fourth-order valence-corrected chi connectivity index (χ4v) is 6.66. The maximum Gasteiger partial charge on any atom is 0.0499 e. The summed E-state index contributed by atoms with van der Waals surface area (Å²) >= 11 is 0. The first kappa shape index (κ1) is 22.4. The van der Waals surface area contributed by atoms with Crippen molar-refractivity contribution in [2.24, 2.45) is 5.92 Å². The van der Waals surface area contributed by atoms with Crippen LogP contribution in [0.3, 0.4) is 0 Å². The number of anilines is 2. The molecule has 178 valence electrons. The molecule has 6 rings (SSSR count). The van der Waals surface area contributed by atoms with E-state index in [2.05, 4.69) is 132 Å². The first-order valence-corrected chi connectivity index (χ1v) is 13.1. The molecule has 0 amide bonds. The van der Waals surface area contributed by atoms with E-state index in [1.54, 1.807) is 0 Å². The maximum absolute atomic E-state index is 2.59. The van der Waals surface area contributed by atoms with E-state index in [1.807, 2.05) is 0 Å². The summed E-state index contributed by atoms with van der Waals surface area (Å²) in [4.78, 5) is 2.59. The normalized spacial score (nSPS) is 21.3. The minimum atomic E-state index is -0.0000782. The Morgan fingerprint density at radius 1 is 0.771 bits per heavy atom. The van der Waals surface area contributed by atoms with Crippen LogP contribution >= 0.6 is 0 Å². The molecule has 3 aromatic rings. The van der Waals surface area contributed by atoms with E-state index in [9.17, 15) is 0 Å². The van der Waals surface area contributed by atoms with Gasteiger partial charge in [0, 0.05) is 33.8 Å². The fraction of sp³-hybridized carbons (Fsp3) is 0.353. The standard InChI is InChI=1S/C34H37N/c1-32(2,3)24-18-15-22(16-19-24)23-17-20-30-28(21-23)34(6,7)27-13-10-12-26-31(27)35(30)29-14-9-8-11-25(29)33(26,4)5/h8-12,14-21,27H,13H2,1-7H3. The van der Waals surface area contributed by atoms with Crippen LogP contribution in [0, 0.1) is 5.92 Å². The van der Waals surface area contributed by atoms with Crippen molar-refractivity contribution in [2.75, 3.05) is 4.90 Å². The Hall–Kier alpha value is -3.06. The Kier molecular flexibility index (Phi) is 4.63. The van der Waals surface area contributed by atoms with Crippen LogP contribution in [-0.2, 0) is 16.2 Å². The second-order valence-electron chi connectivity index (χ2n) is 12.7. The average molecular weight is 460 g/mol. The summed E-state index contributed by atoms with van der Waals surface area (Å²) in [6, 6.07) is 25.4. The SMILES string of the molecule is CC(C)(C)c1ccc(-c2ccc3c(c2)C(C)(C)C2CC=CC4=C2N3c2ccccc2C4(C)C)cc1. The van der Waals surface area contributed by atoms with Gasteiger partial charge in [0.25, 0.3) is 0 Å². The smallest absolute Gasteiger partial charge is 0.0499 e. The lowest BCUT2D eigenvalue weighted by Crippen LogP contribution is -2.47. The van der Waals surface area contributed by atoms with Gasteiger partial charge in [0.05, 0.1) is 0 Å². The second-order valence-corrected chi connectivity index (χ2v) is 12.7. The Morgan fingerprint density at radius 2 is 1.43 bits per heavy atom. The van der Waals surface area contributed by atoms with E-state index in [1.165, 1.54) is 50.5 Å². The molecule has 1 unspecified atom stereocenters. The Morgan fingerprint density at radius 3 is 2.14 bits per heavy atom. The van der Waals surface area contributed by atoms with Crippen molar-refractivity contribution in [3.63, 3.8) is 0 Å². The van der Waals surface area contributed by atoms with Gasteiger partial charge in [-0.2, -0.15) is 0 Å². The van der Waals surface area contributed by atoms with Gasteiger partial charge in [0.1, 0.15) is 0 Å². The van der Waals surface area contributed by atoms with Gasteiger partial charge in [-0.05, 0) is 63.4 Å². The lowest BCUT2D eigenvalue weighted by molar-refractivity contribution is 0.339. The first-order valence-electron chi connectivity index (χ1n) is 13.1. The van der Waals surface area contributed by atoms with Crippen molar-refractivity contribution < 1.29 is 0 Å². The van der Waals surface area contributed by atoms with E-state index in [4.69, 9.17) is 0 Å². The molecule has 0 fully saturated rings. The molecule has 2 aliphatic heterocycles. The molecule has 0 aromatic heterocycles. The molecule has 35 heavy (non-hydrogen) atoms. The van der Waals surface area contributed by atoms with Crippen LogP contribution in [0.2, 0.25) is 0 Å². The number of hydrogen-bond acceptors (Lipinski definition) is 1. The van der Waals surface area contributed by atoms with Crippen molar-refractivity contribution in [3.8, 4) is 11.1 Å². The highest BCUT2D eigenvalue weighted by molar-refractivity contribution is 5.84. The van der Waals surface area contributed by atoms with Gasteiger partial charge in [-0.25, -0.2) is 0 Å². The molecular weight excluding hydrogens is 422 g/mol. The van der Waals surface area contributed by atoms with Gasteiger partial charge >= 0.3 is 0 Å². The molecule has 0 radical (unpaired) electrons. The highest BCUT2D eigenvalue weighted by atomic mass is 15.2. The average Bonchev–Trinajstić information content (AvgIpc) is 2.83. The number of fused-ring (bicyclic) bond motifs is 4. The molecule has 1 heteroatoms. The van der Waals surface area contributed by atoms with Crippen molar-refractivity contribution in [1.29, 1.82) is 0 Å². The number of para-hydroxylation sites is 1. The van der Waals surface area contributed by atoms with Crippen molar-refractivity contribution in [1.82, 2.24) is 0 Å². The summed E-state index contributed by atoms with van der Waals surface area (Å²) in [5.41, 5.74) is 12.7. The minimum Gasteiger partial charge on any atom is -0.313 e. The van der Waals surface area contributed by atoms with Crippen LogP contribution < -0.4 is 4.90 Å². The number of rotatable bonds is 1. The monoisotopic (exact) mass is 459 g/mol. The highest BCUT2D eigenvalue weighted by Crippen LogP contribution is 2.60. The van der Waals surface area contributed by atoms with Crippen LogP contribution in [0.15, 0.2) is 90.2 Å². The third-order valence-electron chi connectivity index (χ3n) is 8.88.